The molecule has 2 unspecified atom stereocenters. The molecule has 2 heterocycles. The van der Waals surface area contributed by atoms with Crippen LogP contribution < -0.4 is 19.8 Å². The summed E-state index contributed by atoms with van der Waals surface area (Å²) in [4.78, 5) is 0.378. The van der Waals surface area contributed by atoms with Gasteiger partial charge in [-0.1, -0.05) is 104 Å². The summed E-state index contributed by atoms with van der Waals surface area (Å²) in [7, 11) is 0. The summed E-state index contributed by atoms with van der Waals surface area (Å²) in [5.74, 6) is 0. The fourth-order valence-electron chi connectivity index (χ4n) is 5.62. The summed E-state index contributed by atoms with van der Waals surface area (Å²) < 4.78 is 4.59. The second-order valence-corrected chi connectivity index (χ2v) is 15.4. The van der Waals surface area contributed by atoms with Crippen LogP contribution in [0.2, 0.25) is 0 Å². The van der Waals surface area contributed by atoms with E-state index in [2.05, 4.69) is 121 Å². The predicted octanol–water partition coefficient (Wildman–Crippen LogP) is 11.6. The summed E-state index contributed by atoms with van der Waals surface area (Å²) in [6.45, 7) is 8.99. The van der Waals surface area contributed by atoms with Gasteiger partial charge >= 0.3 is 0 Å². The van der Waals surface area contributed by atoms with Gasteiger partial charge in [0.1, 0.15) is 0 Å². The number of hydrogen-bond donors (Lipinski definition) is 2. The number of nitrogens with one attached hydrogen (secondary N) is 2. The highest BCUT2D eigenvalue weighted by Crippen LogP contribution is 2.26. The highest BCUT2D eigenvalue weighted by molar-refractivity contribution is 9.09. The van der Waals surface area contributed by atoms with Crippen LogP contribution in [-0.2, 0) is 4.45 Å². The van der Waals surface area contributed by atoms with E-state index in [4.69, 9.17) is 0 Å². The number of aromatic nitrogens is 2. The average Bonchev–Trinajstić information content (AvgIpc) is 3.02. The van der Waals surface area contributed by atoms with Crippen molar-refractivity contribution >= 4 is 43.2 Å². The molecule has 244 valence electrons. The number of halogens is 2. The van der Waals surface area contributed by atoms with Crippen LogP contribution in [0.25, 0.3) is 0 Å². The van der Waals surface area contributed by atoms with E-state index in [1.54, 1.807) is 0 Å². The topological polar surface area (TPSA) is 31.8 Å². The lowest BCUT2D eigenvalue weighted by Gasteiger charge is -2.17. The highest BCUT2D eigenvalue weighted by atomic mass is 79.9. The molecule has 0 saturated carbocycles. The molecule has 2 rings (SSSR count). The maximum absolute atomic E-state index is 4.00. The van der Waals surface area contributed by atoms with Crippen molar-refractivity contribution in [1.82, 2.24) is 0 Å². The monoisotopic (exact) mass is 722 g/mol. The third-order valence-corrected chi connectivity index (χ3v) is 10.3. The summed E-state index contributed by atoms with van der Waals surface area (Å²) >= 11 is 7.91. The minimum absolute atomic E-state index is 0.0233. The summed E-state index contributed by atoms with van der Waals surface area (Å²) in [5.41, 5.74) is 2.46. The molecule has 43 heavy (non-hydrogen) atoms. The molecule has 0 aromatic carbocycles. The van der Waals surface area contributed by atoms with E-state index in [-0.39, 0.29) is 4.45 Å². The normalized spacial score (nSPS) is 13.5. The Kier molecular flexibility index (Phi) is 21.4. The van der Waals surface area contributed by atoms with Crippen molar-refractivity contribution in [2.75, 3.05) is 23.7 Å². The zero-order chi connectivity index (χ0) is 31.0. The third-order valence-electron chi connectivity index (χ3n) is 8.59. The summed E-state index contributed by atoms with van der Waals surface area (Å²) in [6, 6.07) is 8.86. The Bertz CT molecular complexity index is 917. The van der Waals surface area contributed by atoms with Crippen LogP contribution in [-0.4, -0.2) is 13.1 Å². The van der Waals surface area contributed by atoms with Gasteiger partial charge in [0.15, 0.2) is 24.8 Å². The molecule has 0 amide bonds. The minimum atomic E-state index is -0.0233. The van der Waals surface area contributed by atoms with Crippen molar-refractivity contribution in [3.8, 4) is 0 Å². The second-order valence-electron chi connectivity index (χ2n) is 12.7. The molecule has 0 radical (unpaired) electrons. The standard InChI is InChI=1S/C37H62Br2N4/c1-4-6-8-10-16-20-28-40-34-23-30-42(31-24-34)36(38)22-18-14-12-13-15-19-27-37(3,39)43-32-25-35(26-33-43)41-29-21-17-11-9-7-5-2/h23-26,30-33,36H,4-22,27-29H2,1-3H3/p+2. The molecule has 2 N–H and O–H groups in total. The second kappa shape index (κ2) is 24.1. The van der Waals surface area contributed by atoms with Crippen molar-refractivity contribution in [1.29, 1.82) is 0 Å². The molecule has 2 aromatic heterocycles. The molecule has 0 aliphatic heterocycles. The van der Waals surface area contributed by atoms with E-state index in [1.165, 1.54) is 133 Å². The maximum atomic E-state index is 4.00. The van der Waals surface area contributed by atoms with E-state index in [0.717, 1.165) is 19.5 Å². The SMILES string of the molecule is CCCCCCCCNc1cc[n+](C(Br)CCCCCCCCC(C)(Br)[n+]2ccc(NCCCCCCCC)cc2)cc1. The van der Waals surface area contributed by atoms with Gasteiger partial charge in [0.2, 0.25) is 9.40 Å². The lowest BCUT2D eigenvalue weighted by Crippen LogP contribution is -2.49. The van der Waals surface area contributed by atoms with Gasteiger partial charge in [-0.3, -0.25) is 0 Å². The lowest BCUT2D eigenvalue weighted by molar-refractivity contribution is -0.733. The smallest absolute Gasteiger partial charge is 0.218 e. The molecule has 2 atom stereocenters. The van der Waals surface area contributed by atoms with Gasteiger partial charge in [-0.15, -0.1) is 0 Å². The Hall–Kier alpha value is -1.14. The molecule has 2 aromatic rings. The average molecular weight is 725 g/mol. The zero-order valence-electron chi connectivity index (χ0n) is 27.9. The minimum Gasteiger partial charge on any atom is -0.385 e. The Balaban J connectivity index is 1.51. The highest BCUT2D eigenvalue weighted by Gasteiger charge is 2.29. The predicted molar refractivity (Wildman–Crippen MR) is 194 cm³/mol. The van der Waals surface area contributed by atoms with Gasteiger partial charge in [0, 0.05) is 68.5 Å². The van der Waals surface area contributed by atoms with Crippen LogP contribution >= 0.6 is 31.9 Å². The lowest BCUT2D eigenvalue weighted by atomic mass is 10.1. The zero-order valence-corrected chi connectivity index (χ0v) is 31.1. The Morgan fingerprint density at radius 3 is 1.53 bits per heavy atom. The van der Waals surface area contributed by atoms with Crippen LogP contribution in [0.5, 0.6) is 0 Å². The number of anilines is 2. The molecule has 0 spiro atoms. The van der Waals surface area contributed by atoms with Crippen molar-refractivity contribution in [3.05, 3.63) is 49.1 Å². The van der Waals surface area contributed by atoms with Crippen molar-refractivity contribution in [2.24, 2.45) is 0 Å². The van der Waals surface area contributed by atoms with E-state index in [9.17, 15) is 0 Å². The largest absolute Gasteiger partial charge is 0.385 e. The van der Waals surface area contributed by atoms with Crippen LogP contribution in [0.4, 0.5) is 11.4 Å². The fourth-order valence-corrected chi connectivity index (χ4v) is 6.73. The number of nitrogens with zero attached hydrogens (tertiary/aromatic N) is 2. The van der Waals surface area contributed by atoms with Crippen molar-refractivity contribution in [2.45, 2.75) is 159 Å². The third kappa shape index (κ3) is 17.8. The summed E-state index contributed by atoms with van der Waals surface area (Å²) in [5, 5.41) is 7.17. The van der Waals surface area contributed by atoms with E-state index in [0.29, 0.717) is 4.95 Å². The quantitative estimate of drug-likeness (QED) is 0.0546. The van der Waals surface area contributed by atoms with Gasteiger partial charge in [0.05, 0.1) is 0 Å². The van der Waals surface area contributed by atoms with E-state index >= 15 is 0 Å². The van der Waals surface area contributed by atoms with E-state index in [1.807, 2.05) is 0 Å². The first-order valence-corrected chi connectivity index (χ1v) is 19.5. The molecule has 0 aliphatic carbocycles. The van der Waals surface area contributed by atoms with Gasteiger partial charge in [-0.05, 0) is 57.5 Å². The van der Waals surface area contributed by atoms with Crippen LogP contribution in [0.1, 0.15) is 154 Å². The van der Waals surface area contributed by atoms with Crippen molar-refractivity contribution < 1.29 is 9.13 Å². The van der Waals surface area contributed by atoms with Crippen LogP contribution in [0, 0.1) is 0 Å². The molecular formula is C37H64Br2N4+2. The van der Waals surface area contributed by atoms with Gasteiger partial charge in [-0.2, -0.15) is 9.13 Å². The first-order valence-electron chi connectivity index (χ1n) is 17.8. The first-order chi connectivity index (χ1) is 21.0. The maximum Gasteiger partial charge on any atom is 0.218 e. The Morgan fingerprint density at radius 1 is 0.605 bits per heavy atom. The molecule has 0 aliphatic rings. The molecule has 0 saturated heterocycles. The molecule has 4 nitrogen and oxygen atoms in total. The Labute approximate surface area is 282 Å². The molecule has 0 fully saturated rings. The molecule has 0 bridgehead atoms. The van der Waals surface area contributed by atoms with Crippen molar-refractivity contribution in [3.63, 3.8) is 0 Å². The van der Waals surface area contributed by atoms with Crippen LogP contribution in [0.3, 0.4) is 0 Å². The van der Waals surface area contributed by atoms with E-state index < -0.39 is 0 Å². The molecule has 6 heteroatoms. The fraction of sp³-hybridized carbons (Fsp3) is 0.730. The number of unbranched alkanes of at least 4 members (excludes halogenated alkanes) is 15. The summed E-state index contributed by atoms with van der Waals surface area (Å²) in [6.07, 6.45) is 35.1. The number of rotatable bonds is 27. The first kappa shape index (κ1) is 38.0. The molecular weight excluding hydrogens is 660 g/mol. The van der Waals surface area contributed by atoms with Gasteiger partial charge < -0.3 is 10.6 Å². The van der Waals surface area contributed by atoms with Crippen LogP contribution in [0.15, 0.2) is 49.1 Å². The van der Waals surface area contributed by atoms with Gasteiger partial charge in [0.25, 0.3) is 0 Å². The van der Waals surface area contributed by atoms with Gasteiger partial charge in [-0.25, -0.2) is 0 Å². The number of alkyl halides is 2. The Morgan fingerprint density at radius 2 is 1.02 bits per heavy atom. The number of pyridine rings is 2. The number of hydrogen-bond acceptors (Lipinski definition) is 2.